The zero-order valence-corrected chi connectivity index (χ0v) is 25.0. The summed E-state index contributed by atoms with van der Waals surface area (Å²) < 4.78 is 27.6. The Labute approximate surface area is 263 Å². The van der Waals surface area contributed by atoms with Crippen LogP contribution in [0.25, 0.3) is 0 Å². The molecule has 0 radical (unpaired) electrons. The lowest BCUT2D eigenvalue weighted by Gasteiger charge is -2.15. The molecule has 1 heterocycles. The molecule has 0 aliphatic rings. The molecule has 0 N–H and O–H groups in total. The topological polar surface area (TPSA) is 51.1 Å². The van der Waals surface area contributed by atoms with Gasteiger partial charge >= 0.3 is 0 Å². The summed E-state index contributed by atoms with van der Waals surface area (Å²) in [4.78, 5) is 6.46. The maximum Gasteiger partial charge on any atom is 0.279 e. The molecule has 0 aliphatic heterocycles. The Balaban J connectivity index is 1.42. The average Bonchev–Trinajstić information content (AvgIpc) is 3.39. The second kappa shape index (κ2) is 15.2. The lowest BCUT2D eigenvalue weighted by atomic mass is 10.2. The highest BCUT2D eigenvalue weighted by Gasteiger charge is 2.31. The smallest absolute Gasteiger partial charge is 0.279 e. The molecular weight excluding hydrogens is 562 g/mol. The van der Waals surface area contributed by atoms with Gasteiger partial charge in [-0.1, -0.05) is 152 Å². The molecular formula is C39H35NO5. The molecule has 0 saturated carbocycles. The molecule has 6 nitrogen and oxygen atoms in total. The molecule has 0 atom stereocenters. The van der Waals surface area contributed by atoms with Crippen molar-refractivity contribution >= 4 is 0 Å². The minimum absolute atomic E-state index is 0.273. The Hall–Kier alpha value is -5.62. The molecule has 1 aromatic heterocycles. The summed E-state index contributed by atoms with van der Waals surface area (Å²) in [7, 11) is 0. The third-order valence-corrected chi connectivity index (χ3v) is 7.06. The molecule has 226 valence electrons. The van der Waals surface area contributed by atoms with E-state index in [1.807, 2.05) is 152 Å². The van der Waals surface area contributed by atoms with Crippen molar-refractivity contribution in [3.8, 4) is 23.3 Å². The fourth-order valence-electron chi connectivity index (χ4n) is 4.72. The van der Waals surface area contributed by atoms with Crippen molar-refractivity contribution in [1.82, 2.24) is 4.73 Å². The first-order chi connectivity index (χ1) is 22.3. The van der Waals surface area contributed by atoms with Crippen LogP contribution in [0.3, 0.4) is 0 Å². The summed E-state index contributed by atoms with van der Waals surface area (Å²) in [5.74, 6) is 1.53. The van der Waals surface area contributed by atoms with Crippen LogP contribution in [0.5, 0.6) is 23.3 Å². The SMILES string of the molecule is c1ccc(COc2c(OCc3ccccc3)c(OCc3ccccc3)n(OCc3ccccc3)c2OCc2ccccc2)cc1. The summed E-state index contributed by atoms with van der Waals surface area (Å²) in [6.45, 7) is 1.44. The van der Waals surface area contributed by atoms with Crippen LogP contribution < -0.4 is 23.8 Å². The van der Waals surface area contributed by atoms with E-state index < -0.39 is 0 Å². The van der Waals surface area contributed by atoms with E-state index in [0.717, 1.165) is 27.8 Å². The van der Waals surface area contributed by atoms with Gasteiger partial charge in [-0.3, -0.25) is 0 Å². The number of benzene rings is 5. The van der Waals surface area contributed by atoms with Crippen molar-refractivity contribution in [2.45, 2.75) is 33.0 Å². The fraction of sp³-hybridized carbons (Fsp3) is 0.128. The Kier molecular flexibility index (Phi) is 9.95. The highest BCUT2D eigenvalue weighted by Crippen LogP contribution is 2.49. The monoisotopic (exact) mass is 597 g/mol. The van der Waals surface area contributed by atoms with Crippen molar-refractivity contribution in [2.75, 3.05) is 0 Å². The maximum absolute atomic E-state index is 6.53. The third kappa shape index (κ3) is 8.06. The molecule has 0 unspecified atom stereocenters. The average molecular weight is 598 g/mol. The van der Waals surface area contributed by atoms with Crippen molar-refractivity contribution in [3.63, 3.8) is 0 Å². The van der Waals surface area contributed by atoms with E-state index in [1.54, 1.807) is 4.73 Å². The van der Waals surface area contributed by atoms with Gasteiger partial charge in [0.25, 0.3) is 11.8 Å². The van der Waals surface area contributed by atoms with Gasteiger partial charge in [0, 0.05) is 0 Å². The lowest BCUT2D eigenvalue weighted by molar-refractivity contribution is 0.0481. The zero-order chi connectivity index (χ0) is 30.5. The predicted molar refractivity (Wildman–Crippen MR) is 174 cm³/mol. The van der Waals surface area contributed by atoms with Gasteiger partial charge in [0.2, 0.25) is 11.5 Å². The Bertz CT molecular complexity index is 1400. The number of nitrogens with zero attached hydrogens (tertiary/aromatic N) is 1. The highest BCUT2D eigenvalue weighted by molar-refractivity contribution is 5.58. The summed E-state index contributed by atoms with van der Waals surface area (Å²) in [5.41, 5.74) is 5.00. The van der Waals surface area contributed by atoms with Crippen LogP contribution in [-0.4, -0.2) is 4.73 Å². The summed E-state index contributed by atoms with van der Waals surface area (Å²) in [6, 6.07) is 49.9. The van der Waals surface area contributed by atoms with Gasteiger partial charge in [0.05, 0.1) is 0 Å². The summed E-state index contributed by atoms with van der Waals surface area (Å²) in [6.07, 6.45) is 0. The van der Waals surface area contributed by atoms with Crippen LogP contribution in [0.1, 0.15) is 27.8 Å². The highest BCUT2D eigenvalue weighted by atomic mass is 16.7. The standard InChI is InChI=1S/C39H35NO5/c1-6-16-31(17-7-1)26-41-36-37(42-27-32-18-8-2-9-19-32)39(44-29-34-22-12-4-13-23-34)40(45-30-35-24-14-5-15-25-35)38(36)43-28-33-20-10-3-11-21-33/h1-25H,26-30H2. The van der Waals surface area contributed by atoms with Crippen LogP contribution in [0.2, 0.25) is 0 Å². The second-order valence-corrected chi connectivity index (χ2v) is 10.4. The molecule has 6 rings (SSSR count). The molecule has 6 heteroatoms. The van der Waals surface area contributed by atoms with Crippen LogP contribution in [0, 0.1) is 0 Å². The van der Waals surface area contributed by atoms with Gasteiger partial charge in [-0.05, 0) is 27.8 Å². The van der Waals surface area contributed by atoms with Crippen LogP contribution >= 0.6 is 0 Å². The van der Waals surface area contributed by atoms with Gasteiger partial charge in [0.15, 0.2) is 0 Å². The third-order valence-electron chi connectivity index (χ3n) is 7.06. The van der Waals surface area contributed by atoms with E-state index in [4.69, 9.17) is 23.8 Å². The number of hydrogen-bond donors (Lipinski definition) is 0. The van der Waals surface area contributed by atoms with Crippen LogP contribution in [-0.2, 0) is 33.0 Å². The van der Waals surface area contributed by atoms with Gasteiger partial charge < -0.3 is 23.8 Å². The van der Waals surface area contributed by atoms with Crippen LogP contribution in [0.4, 0.5) is 0 Å². The number of ether oxygens (including phenoxy) is 4. The fourth-order valence-corrected chi connectivity index (χ4v) is 4.72. The Morgan fingerprint density at radius 1 is 0.311 bits per heavy atom. The van der Waals surface area contributed by atoms with Crippen molar-refractivity contribution < 1.29 is 23.8 Å². The zero-order valence-electron chi connectivity index (χ0n) is 25.0. The number of rotatable bonds is 15. The molecule has 45 heavy (non-hydrogen) atoms. The molecule has 0 saturated heterocycles. The molecule has 0 fully saturated rings. The Morgan fingerprint density at radius 3 is 0.889 bits per heavy atom. The van der Waals surface area contributed by atoms with Gasteiger partial charge in [-0.2, -0.15) is 0 Å². The van der Waals surface area contributed by atoms with Crippen molar-refractivity contribution in [3.05, 3.63) is 179 Å². The second-order valence-electron chi connectivity index (χ2n) is 10.4. The Morgan fingerprint density at radius 2 is 0.578 bits per heavy atom. The normalized spacial score (nSPS) is 10.7. The van der Waals surface area contributed by atoms with Gasteiger partial charge in [0.1, 0.15) is 33.0 Å². The van der Waals surface area contributed by atoms with E-state index >= 15 is 0 Å². The minimum atomic E-state index is 0.273. The molecule has 0 aliphatic carbocycles. The minimum Gasteiger partial charge on any atom is -0.480 e. The van der Waals surface area contributed by atoms with Crippen molar-refractivity contribution in [2.24, 2.45) is 0 Å². The molecule has 6 aromatic rings. The van der Waals surface area contributed by atoms with E-state index in [2.05, 4.69) is 0 Å². The predicted octanol–water partition coefficient (Wildman–Crippen LogP) is 8.43. The molecule has 5 aromatic carbocycles. The molecule has 0 spiro atoms. The lowest BCUT2D eigenvalue weighted by Crippen LogP contribution is -2.16. The first-order valence-electron chi connectivity index (χ1n) is 15.0. The van der Waals surface area contributed by atoms with E-state index in [0.29, 0.717) is 36.5 Å². The summed E-state index contributed by atoms with van der Waals surface area (Å²) >= 11 is 0. The largest absolute Gasteiger partial charge is 0.480 e. The van der Waals surface area contributed by atoms with Gasteiger partial charge in [-0.15, -0.1) is 4.73 Å². The van der Waals surface area contributed by atoms with E-state index in [-0.39, 0.29) is 19.8 Å². The van der Waals surface area contributed by atoms with Crippen LogP contribution in [0.15, 0.2) is 152 Å². The number of hydrogen-bond acceptors (Lipinski definition) is 5. The van der Waals surface area contributed by atoms with Crippen molar-refractivity contribution in [1.29, 1.82) is 0 Å². The molecule has 0 bridgehead atoms. The first-order valence-corrected chi connectivity index (χ1v) is 15.0. The molecule has 0 amide bonds. The first kappa shape index (κ1) is 29.5. The van der Waals surface area contributed by atoms with E-state index in [9.17, 15) is 0 Å². The quantitative estimate of drug-likeness (QED) is 0.119. The van der Waals surface area contributed by atoms with Gasteiger partial charge in [-0.25, -0.2) is 0 Å². The van der Waals surface area contributed by atoms with E-state index in [1.165, 1.54) is 0 Å². The number of aromatic nitrogens is 1. The maximum atomic E-state index is 6.53. The summed E-state index contributed by atoms with van der Waals surface area (Å²) in [5, 5.41) is 0.